The van der Waals surface area contributed by atoms with Crippen LogP contribution in [0.3, 0.4) is 0 Å². The molecule has 3 heteroatoms. The summed E-state index contributed by atoms with van der Waals surface area (Å²) in [6, 6.07) is 21.1. The summed E-state index contributed by atoms with van der Waals surface area (Å²) < 4.78 is 5.41. The lowest BCUT2D eigenvalue weighted by Gasteiger charge is -2.17. The highest BCUT2D eigenvalue weighted by Crippen LogP contribution is 2.27. The van der Waals surface area contributed by atoms with Crippen LogP contribution in [0.15, 0.2) is 60.7 Å². The van der Waals surface area contributed by atoms with Gasteiger partial charge in [-0.15, -0.1) is 11.1 Å². The van der Waals surface area contributed by atoms with Crippen LogP contribution in [0.1, 0.15) is 23.5 Å². The van der Waals surface area contributed by atoms with E-state index >= 15 is 0 Å². The number of hydrogen-bond donors (Lipinski definition) is 0. The number of benzene rings is 2. The maximum Gasteiger partial charge on any atom is 0.258 e. The molecule has 0 saturated heterocycles. The van der Waals surface area contributed by atoms with E-state index in [4.69, 9.17) is 15.5 Å². The van der Waals surface area contributed by atoms with E-state index in [0.717, 1.165) is 13.0 Å². The van der Waals surface area contributed by atoms with Gasteiger partial charge in [0.1, 0.15) is 0 Å². The Kier molecular flexibility index (Phi) is 5.46. The maximum absolute atomic E-state index is 5.69. The second kappa shape index (κ2) is 7.37. The van der Waals surface area contributed by atoms with Gasteiger partial charge in [-0.05, 0) is 17.5 Å². The van der Waals surface area contributed by atoms with E-state index in [-0.39, 0.29) is 0 Å². The Morgan fingerprint density at radius 1 is 0.889 bits per heavy atom. The van der Waals surface area contributed by atoms with Gasteiger partial charge in [0.25, 0.3) is 9.07 Å². The lowest BCUT2D eigenvalue weighted by atomic mass is 9.89. The smallest absolute Gasteiger partial charge is 0.258 e. The molecule has 0 spiro atoms. The molecule has 2 rings (SSSR count). The molecule has 18 heavy (non-hydrogen) atoms. The molecule has 0 aliphatic rings. The third-order valence-electron chi connectivity index (χ3n) is 3.03. The van der Waals surface area contributed by atoms with Crippen LogP contribution in [0.4, 0.5) is 0 Å². The van der Waals surface area contributed by atoms with Crippen molar-refractivity contribution in [1.82, 2.24) is 0 Å². The van der Waals surface area contributed by atoms with Crippen molar-refractivity contribution >= 4 is 20.2 Å². The fourth-order valence-corrected chi connectivity index (χ4v) is 2.76. The molecule has 2 aromatic carbocycles. The zero-order valence-corrected chi connectivity index (χ0v) is 12.4. The average molecular weight is 277 g/mol. The van der Waals surface area contributed by atoms with E-state index in [2.05, 4.69) is 48.5 Å². The first kappa shape index (κ1) is 13.3. The summed E-state index contributed by atoms with van der Waals surface area (Å²) in [4.78, 5) is 0. The molecule has 1 nitrogen and oxygen atoms in total. The third-order valence-corrected chi connectivity index (χ3v) is 3.94. The van der Waals surface area contributed by atoms with Crippen LogP contribution in [0.5, 0.6) is 0 Å². The molecule has 0 aromatic heterocycles. The van der Waals surface area contributed by atoms with E-state index in [9.17, 15) is 0 Å². The molecule has 0 atom stereocenters. The maximum atomic E-state index is 5.69. The van der Waals surface area contributed by atoms with E-state index in [1.165, 1.54) is 11.1 Å². The average Bonchev–Trinajstić information content (AvgIpc) is 2.46. The molecule has 0 fully saturated rings. The predicted octanol–water partition coefficient (Wildman–Crippen LogP) is 3.46. The Morgan fingerprint density at radius 2 is 1.39 bits per heavy atom. The SMILES string of the molecule is Cl[SiH2]OCCC(c1ccccc1)c1ccccc1. The van der Waals surface area contributed by atoms with Gasteiger partial charge in [-0.1, -0.05) is 60.7 Å². The lowest BCUT2D eigenvalue weighted by molar-refractivity contribution is 0.328. The van der Waals surface area contributed by atoms with Crippen molar-refractivity contribution in [2.45, 2.75) is 12.3 Å². The summed E-state index contributed by atoms with van der Waals surface area (Å²) in [5, 5.41) is 0. The quantitative estimate of drug-likeness (QED) is 0.446. The largest absolute Gasteiger partial charge is 0.408 e. The summed E-state index contributed by atoms with van der Waals surface area (Å²) >= 11 is 5.69. The first-order valence-electron chi connectivity index (χ1n) is 6.15. The standard InChI is InChI=1S/C15H17ClOSi/c16-18-17-12-11-15(13-7-3-1-4-8-13)14-9-5-2-6-10-14/h1-10,15H,11-12,18H2. The molecule has 0 amide bonds. The van der Waals surface area contributed by atoms with Gasteiger partial charge < -0.3 is 4.43 Å². The van der Waals surface area contributed by atoms with Crippen molar-refractivity contribution in [2.75, 3.05) is 6.61 Å². The lowest BCUT2D eigenvalue weighted by Crippen LogP contribution is -2.06. The normalized spacial score (nSPS) is 11.4. The number of halogens is 1. The Labute approximate surface area is 115 Å². The van der Waals surface area contributed by atoms with Crippen molar-refractivity contribution in [3.8, 4) is 0 Å². The van der Waals surface area contributed by atoms with Gasteiger partial charge in [0.2, 0.25) is 0 Å². The molecule has 0 unspecified atom stereocenters. The summed E-state index contributed by atoms with van der Waals surface area (Å²) in [6.45, 7) is 0.740. The van der Waals surface area contributed by atoms with Crippen LogP contribution < -0.4 is 0 Å². The van der Waals surface area contributed by atoms with Crippen molar-refractivity contribution in [3.63, 3.8) is 0 Å². The van der Waals surface area contributed by atoms with Gasteiger partial charge in [-0.3, -0.25) is 0 Å². The number of hydrogen-bond acceptors (Lipinski definition) is 1. The molecule has 94 valence electrons. The monoisotopic (exact) mass is 276 g/mol. The molecular formula is C15H17ClOSi. The minimum atomic E-state index is -0.816. The fraction of sp³-hybridized carbons (Fsp3) is 0.200. The molecular weight excluding hydrogens is 260 g/mol. The van der Waals surface area contributed by atoms with Gasteiger partial charge in [0.15, 0.2) is 0 Å². The van der Waals surface area contributed by atoms with E-state index < -0.39 is 9.07 Å². The van der Waals surface area contributed by atoms with Crippen molar-refractivity contribution < 1.29 is 4.43 Å². The van der Waals surface area contributed by atoms with Gasteiger partial charge in [0.05, 0.1) is 0 Å². The Balaban J connectivity index is 2.18. The Hall–Kier alpha value is -1.09. The topological polar surface area (TPSA) is 9.23 Å². The van der Waals surface area contributed by atoms with Crippen LogP contribution >= 0.6 is 11.1 Å². The first-order valence-corrected chi connectivity index (χ1v) is 8.87. The van der Waals surface area contributed by atoms with E-state index in [0.29, 0.717) is 5.92 Å². The molecule has 0 aliphatic carbocycles. The van der Waals surface area contributed by atoms with Crippen LogP contribution in [-0.4, -0.2) is 15.7 Å². The van der Waals surface area contributed by atoms with Crippen LogP contribution in [0.2, 0.25) is 0 Å². The van der Waals surface area contributed by atoms with Crippen molar-refractivity contribution in [1.29, 1.82) is 0 Å². The third kappa shape index (κ3) is 3.70. The minimum Gasteiger partial charge on any atom is -0.408 e. The van der Waals surface area contributed by atoms with Crippen LogP contribution in [-0.2, 0) is 4.43 Å². The highest BCUT2D eigenvalue weighted by molar-refractivity contribution is 6.89. The highest BCUT2D eigenvalue weighted by atomic mass is 35.6. The van der Waals surface area contributed by atoms with Crippen molar-refractivity contribution in [2.24, 2.45) is 0 Å². The van der Waals surface area contributed by atoms with Crippen LogP contribution in [0, 0.1) is 0 Å². The highest BCUT2D eigenvalue weighted by Gasteiger charge is 2.13. The molecule has 0 aliphatic heterocycles. The van der Waals surface area contributed by atoms with Gasteiger partial charge >= 0.3 is 0 Å². The van der Waals surface area contributed by atoms with Crippen LogP contribution in [0.25, 0.3) is 0 Å². The van der Waals surface area contributed by atoms with E-state index in [1.54, 1.807) is 0 Å². The van der Waals surface area contributed by atoms with Gasteiger partial charge in [-0.25, -0.2) is 0 Å². The Morgan fingerprint density at radius 3 is 1.83 bits per heavy atom. The Bertz CT molecular complexity index is 407. The zero-order chi connectivity index (χ0) is 12.6. The minimum absolute atomic E-state index is 0.393. The molecule has 0 bridgehead atoms. The second-order valence-corrected chi connectivity index (χ2v) is 5.46. The van der Waals surface area contributed by atoms with E-state index in [1.807, 2.05) is 12.1 Å². The summed E-state index contributed by atoms with van der Waals surface area (Å²) in [5.41, 5.74) is 2.67. The summed E-state index contributed by atoms with van der Waals surface area (Å²) in [7, 11) is -0.816. The molecule has 2 aromatic rings. The van der Waals surface area contributed by atoms with Gasteiger partial charge in [0, 0.05) is 12.5 Å². The predicted molar refractivity (Wildman–Crippen MR) is 79.7 cm³/mol. The molecule has 0 radical (unpaired) electrons. The first-order chi connectivity index (χ1) is 8.92. The fourth-order valence-electron chi connectivity index (χ4n) is 2.15. The molecule has 0 heterocycles. The van der Waals surface area contributed by atoms with Gasteiger partial charge in [-0.2, -0.15) is 0 Å². The second-order valence-electron chi connectivity index (χ2n) is 4.18. The number of rotatable bonds is 6. The summed E-state index contributed by atoms with van der Waals surface area (Å²) in [5.74, 6) is 0.393. The molecule has 0 saturated carbocycles. The van der Waals surface area contributed by atoms with Crippen molar-refractivity contribution in [3.05, 3.63) is 71.8 Å². The zero-order valence-electron chi connectivity index (χ0n) is 10.3. The summed E-state index contributed by atoms with van der Waals surface area (Å²) in [6.07, 6.45) is 0.980. The molecule has 0 N–H and O–H groups in total.